The number of hydrogen-bond acceptors (Lipinski definition) is 3. The topological polar surface area (TPSA) is 49.8 Å². The number of amides is 1. The first-order valence-corrected chi connectivity index (χ1v) is 7.69. The first-order valence-electron chi connectivity index (χ1n) is 7.69. The molecule has 1 amide bonds. The van der Waals surface area contributed by atoms with Crippen molar-refractivity contribution in [1.82, 2.24) is 4.90 Å². The number of carbonyl (C=O) groups excluding carboxylic acids is 1. The summed E-state index contributed by atoms with van der Waals surface area (Å²) in [4.78, 5) is 14.1. The average molecular weight is 291 g/mol. The number of carbonyl (C=O) groups is 1. The van der Waals surface area contributed by atoms with Gasteiger partial charge in [0.2, 0.25) is 5.91 Å². The largest absolute Gasteiger partial charge is 0.497 e. The van der Waals surface area contributed by atoms with E-state index in [2.05, 4.69) is 0 Å². The molecule has 2 rings (SSSR count). The minimum absolute atomic E-state index is 0.217. The number of hydrogen-bond donors (Lipinski definition) is 1. The van der Waals surface area contributed by atoms with E-state index >= 15 is 0 Å². The van der Waals surface area contributed by atoms with E-state index in [1.807, 2.05) is 36.1 Å². The van der Waals surface area contributed by atoms with Gasteiger partial charge in [-0.15, -0.1) is 0 Å². The van der Waals surface area contributed by atoms with Crippen LogP contribution in [-0.2, 0) is 11.2 Å². The van der Waals surface area contributed by atoms with Gasteiger partial charge in [-0.1, -0.05) is 12.1 Å². The SMILES string of the molecule is COc1ccc(CCC(=O)N2CCC(C(C)O)CC2)cc1. The van der Waals surface area contributed by atoms with E-state index in [0.717, 1.165) is 43.7 Å². The molecule has 1 unspecified atom stereocenters. The number of aliphatic hydroxyl groups excluding tert-OH is 1. The van der Waals surface area contributed by atoms with Gasteiger partial charge in [-0.2, -0.15) is 0 Å². The van der Waals surface area contributed by atoms with Crippen LogP contribution in [0.2, 0.25) is 0 Å². The lowest BCUT2D eigenvalue weighted by Crippen LogP contribution is -2.40. The number of likely N-dealkylation sites (tertiary alicyclic amines) is 1. The van der Waals surface area contributed by atoms with Crippen LogP contribution >= 0.6 is 0 Å². The summed E-state index contributed by atoms with van der Waals surface area (Å²) in [5.74, 6) is 1.40. The molecule has 0 saturated carbocycles. The highest BCUT2D eigenvalue weighted by molar-refractivity contribution is 5.76. The van der Waals surface area contributed by atoms with Crippen LogP contribution in [0.1, 0.15) is 31.7 Å². The van der Waals surface area contributed by atoms with Gasteiger partial charge in [0.05, 0.1) is 13.2 Å². The molecule has 21 heavy (non-hydrogen) atoms. The normalized spacial score (nSPS) is 17.6. The van der Waals surface area contributed by atoms with Crippen molar-refractivity contribution >= 4 is 5.91 Å². The highest BCUT2D eigenvalue weighted by Gasteiger charge is 2.24. The minimum atomic E-state index is -0.262. The fourth-order valence-electron chi connectivity index (χ4n) is 2.83. The van der Waals surface area contributed by atoms with Gasteiger partial charge in [0.15, 0.2) is 0 Å². The number of benzene rings is 1. The third kappa shape index (κ3) is 4.46. The minimum Gasteiger partial charge on any atom is -0.497 e. The maximum absolute atomic E-state index is 12.2. The zero-order chi connectivity index (χ0) is 15.2. The van der Waals surface area contributed by atoms with Crippen molar-refractivity contribution in [3.63, 3.8) is 0 Å². The number of aliphatic hydroxyl groups is 1. The zero-order valence-corrected chi connectivity index (χ0v) is 12.9. The van der Waals surface area contributed by atoms with E-state index in [9.17, 15) is 9.90 Å². The molecule has 1 N–H and O–H groups in total. The molecule has 1 saturated heterocycles. The van der Waals surface area contributed by atoms with Crippen LogP contribution in [0.15, 0.2) is 24.3 Å². The Kier molecular flexibility index (Phi) is 5.62. The Morgan fingerprint density at radius 2 is 1.95 bits per heavy atom. The van der Waals surface area contributed by atoms with Crippen LogP contribution < -0.4 is 4.74 Å². The van der Waals surface area contributed by atoms with Gasteiger partial charge >= 0.3 is 0 Å². The van der Waals surface area contributed by atoms with E-state index in [-0.39, 0.29) is 12.0 Å². The smallest absolute Gasteiger partial charge is 0.222 e. The zero-order valence-electron chi connectivity index (χ0n) is 12.9. The highest BCUT2D eigenvalue weighted by Crippen LogP contribution is 2.21. The number of piperidine rings is 1. The molecular weight excluding hydrogens is 266 g/mol. The van der Waals surface area contributed by atoms with Gasteiger partial charge in [0, 0.05) is 19.5 Å². The van der Waals surface area contributed by atoms with Crippen molar-refractivity contribution in [1.29, 1.82) is 0 Å². The summed E-state index contributed by atoms with van der Waals surface area (Å²) >= 11 is 0. The second kappa shape index (κ2) is 7.46. The molecule has 116 valence electrons. The number of rotatable bonds is 5. The number of ether oxygens (including phenoxy) is 1. The van der Waals surface area contributed by atoms with Gasteiger partial charge in [0.1, 0.15) is 5.75 Å². The molecule has 1 fully saturated rings. The predicted molar refractivity (Wildman–Crippen MR) is 82.3 cm³/mol. The average Bonchev–Trinajstić information content (AvgIpc) is 2.53. The van der Waals surface area contributed by atoms with Crippen LogP contribution in [-0.4, -0.2) is 42.2 Å². The van der Waals surface area contributed by atoms with Gasteiger partial charge in [0.25, 0.3) is 0 Å². The summed E-state index contributed by atoms with van der Waals surface area (Å²) in [5.41, 5.74) is 1.16. The standard InChI is InChI=1S/C17H25NO3/c1-13(19)15-9-11-18(12-10-15)17(20)8-5-14-3-6-16(21-2)7-4-14/h3-4,6-7,13,15,19H,5,8-12H2,1-2H3. The number of nitrogens with zero attached hydrogens (tertiary/aromatic N) is 1. The summed E-state index contributed by atoms with van der Waals surface area (Å²) in [6.45, 7) is 3.39. The molecule has 0 aromatic heterocycles. The van der Waals surface area contributed by atoms with Crippen molar-refractivity contribution in [3.8, 4) is 5.75 Å². The van der Waals surface area contributed by atoms with Gasteiger partial charge in [-0.25, -0.2) is 0 Å². The second-order valence-corrected chi connectivity index (χ2v) is 5.81. The maximum atomic E-state index is 12.2. The number of methoxy groups -OCH3 is 1. The van der Waals surface area contributed by atoms with Crippen LogP contribution in [0.4, 0.5) is 0 Å². The second-order valence-electron chi connectivity index (χ2n) is 5.81. The first kappa shape index (κ1) is 15.8. The van der Waals surface area contributed by atoms with Crippen LogP contribution in [0, 0.1) is 5.92 Å². The summed E-state index contributed by atoms with van der Waals surface area (Å²) in [7, 11) is 1.65. The molecule has 1 aromatic carbocycles. The molecule has 4 heteroatoms. The van der Waals surface area contributed by atoms with E-state index in [4.69, 9.17) is 4.74 Å². The Labute approximate surface area is 126 Å². The summed E-state index contributed by atoms with van der Waals surface area (Å²) in [6.07, 6.45) is 2.87. The highest BCUT2D eigenvalue weighted by atomic mass is 16.5. The van der Waals surface area contributed by atoms with E-state index in [1.165, 1.54) is 0 Å². The van der Waals surface area contributed by atoms with Crippen LogP contribution in [0.3, 0.4) is 0 Å². The lowest BCUT2D eigenvalue weighted by Gasteiger charge is -2.33. The molecule has 0 spiro atoms. The molecule has 0 aliphatic carbocycles. The molecule has 1 aliphatic heterocycles. The molecule has 0 radical (unpaired) electrons. The van der Waals surface area contributed by atoms with Crippen molar-refractivity contribution in [2.24, 2.45) is 5.92 Å². The lowest BCUT2D eigenvalue weighted by atomic mass is 9.92. The van der Waals surface area contributed by atoms with Crippen LogP contribution in [0.25, 0.3) is 0 Å². The Balaban J connectivity index is 1.77. The molecular formula is C17H25NO3. The Morgan fingerprint density at radius 3 is 2.48 bits per heavy atom. The number of aryl methyl sites for hydroxylation is 1. The molecule has 1 aliphatic rings. The maximum Gasteiger partial charge on any atom is 0.222 e. The van der Waals surface area contributed by atoms with Crippen molar-refractivity contribution in [3.05, 3.63) is 29.8 Å². The van der Waals surface area contributed by atoms with Crippen molar-refractivity contribution in [2.45, 2.75) is 38.7 Å². The lowest BCUT2D eigenvalue weighted by molar-refractivity contribution is -0.133. The fourth-order valence-corrected chi connectivity index (χ4v) is 2.83. The third-order valence-corrected chi connectivity index (χ3v) is 4.36. The molecule has 0 bridgehead atoms. The van der Waals surface area contributed by atoms with Gasteiger partial charge in [-0.3, -0.25) is 4.79 Å². The van der Waals surface area contributed by atoms with Crippen LogP contribution in [0.5, 0.6) is 5.75 Å². The first-order chi connectivity index (χ1) is 10.1. The summed E-state index contributed by atoms with van der Waals surface area (Å²) in [5, 5.41) is 9.58. The molecule has 4 nitrogen and oxygen atoms in total. The van der Waals surface area contributed by atoms with E-state index < -0.39 is 0 Å². The molecule has 1 atom stereocenters. The Hall–Kier alpha value is -1.55. The van der Waals surface area contributed by atoms with Crippen molar-refractivity contribution in [2.75, 3.05) is 20.2 Å². The monoisotopic (exact) mass is 291 g/mol. The molecule has 1 heterocycles. The predicted octanol–water partition coefficient (Wildman–Crippen LogP) is 2.25. The van der Waals surface area contributed by atoms with E-state index in [0.29, 0.717) is 12.3 Å². The van der Waals surface area contributed by atoms with Gasteiger partial charge in [-0.05, 0) is 49.8 Å². The van der Waals surface area contributed by atoms with Gasteiger partial charge < -0.3 is 14.7 Å². The quantitative estimate of drug-likeness (QED) is 0.905. The Bertz CT molecular complexity index is 448. The summed E-state index contributed by atoms with van der Waals surface area (Å²) < 4.78 is 5.12. The Morgan fingerprint density at radius 1 is 1.33 bits per heavy atom. The van der Waals surface area contributed by atoms with Crippen molar-refractivity contribution < 1.29 is 14.6 Å². The van der Waals surface area contributed by atoms with E-state index in [1.54, 1.807) is 7.11 Å². The molecule has 1 aromatic rings. The fraction of sp³-hybridized carbons (Fsp3) is 0.588. The third-order valence-electron chi connectivity index (χ3n) is 4.36. The summed E-state index contributed by atoms with van der Waals surface area (Å²) in [6, 6.07) is 7.86.